The minimum Gasteiger partial charge on any atom is -0.303 e. The van der Waals surface area contributed by atoms with Crippen LogP contribution in [0.15, 0.2) is 24.3 Å². The van der Waals surface area contributed by atoms with E-state index in [4.69, 9.17) is 0 Å². The zero-order valence-electron chi connectivity index (χ0n) is 11.6. The average molecular weight is 244 g/mol. The van der Waals surface area contributed by atoms with Crippen LogP contribution < -0.4 is 5.32 Å². The quantitative estimate of drug-likeness (QED) is 0.860. The number of fused-ring (bicyclic) bond motifs is 1. The molecule has 3 rings (SSSR count). The number of benzene rings is 1. The van der Waals surface area contributed by atoms with Gasteiger partial charge in [-0.2, -0.15) is 0 Å². The van der Waals surface area contributed by atoms with Crippen molar-refractivity contribution in [1.82, 2.24) is 10.2 Å². The number of rotatable bonds is 2. The zero-order chi connectivity index (χ0) is 12.6. The second-order valence-electron chi connectivity index (χ2n) is 6.46. The van der Waals surface area contributed by atoms with Gasteiger partial charge in [-0.15, -0.1) is 0 Å². The summed E-state index contributed by atoms with van der Waals surface area (Å²) in [6.07, 6.45) is 3.88. The molecule has 1 aromatic rings. The first-order valence-corrected chi connectivity index (χ1v) is 7.22. The topological polar surface area (TPSA) is 15.3 Å². The van der Waals surface area contributed by atoms with E-state index in [1.807, 2.05) is 0 Å². The molecule has 98 valence electrons. The third-order valence-corrected chi connectivity index (χ3v) is 4.27. The third-order valence-electron chi connectivity index (χ3n) is 4.27. The van der Waals surface area contributed by atoms with E-state index in [1.165, 1.54) is 43.6 Å². The monoisotopic (exact) mass is 244 g/mol. The van der Waals surface area contributed by atoms with E-state index >= 15 is 0 Å². The second kappa shape index (κ2) is 4.67. The van der Waals surface area contributed by atoms with Gasteiger partial charge in [-0.1, -0.05) is 24.3 Å². The Balaban J connectivity index is 1.84. The molecule has 2 heterocycles. The predicted molar refractivity (Wildman–Crippen MR) is 75.8 cm³/mol. The van der Waals surface area contributed by atoms with E-state index in [-0.39, 0.29) is 5.54 Å². The van der Waals surface area contributed by atoms with Gasteiger partial charge >= 0.3 is 0 Å². The van der Waals surface area contributed by atoms with Gasteiger partial charge in [0.2, 0.25) is 0 Å². The molecule has 0 aliphatic carbocycles. The van der Waals surface area contributed by atoms with Crippen LogP contribution >= 0.6 is 0 Å². The summed E-state index contributed by atoms with van der Waals surface area (Å²) in [6, 6.07) is 9.46. The lowest BCUT2D eigenvalue weighted by Gasteiger charge is -2.40. The molecule has 2 aliphatic heterocycles. The molecule has 0 spiro atoms. The SMILES string of the molecule is CC1(C)Cc2ccccc2[C@@H](CN2CCCC2)N1. The molecule has 1 atom stereocenters. The summed E-state index contributed by atoms with van der Waals surface area (Å²) >= 11 is 0. The normalized spacial score (nSPS) is 27.1. The van der Waals surface area contributed by atoms with Crippen molar-refractivity contribution < 1.29 is 0 Å². The van der Waals surface area contributed by atoms with Gasteiger partial charge in [0.15, 0.2) is 0 Å². The van der Waals surface area contributed by atoms with E-state index in [0.717, 1.165) is 6.42 Å². The predicted octanol–water partition coefficient (Wildman–Crippen LogP) is 2.75. The van der Waals surface area contributed by atoms with Crippen molar-refractivity contribution in [2.45, 2.75) is 44.7 Å². The van der Waals surface area contributed by atoms with Gasteiger partial charge < -0.3 is 10.2 Å². The fourth-order valence-electron chi connectivity index (χ4n) is 3.48. The molecule has 0 radical (unpaired) electrons. The van der Waals surface area contributed by atoms with E-state index in [9.17, 15) is 0 Å². The number of nitrogens with one attached hydrogen (secondary N) is 1. The Labute approximate surface area is 110 Å². The molecule has 0 amide bonds. The van der Waals surface area contributed by atoms with Gasteiger partial charge in [-0.3, -0.25) is 0 Å². The van der Waals surface area contributed by atoms with Gasteiger partial charge in [0, 0.05) is 18.1 Å². The van der Waals surface area contributed by atoms with E-state index < -0.39 is 0 Å². The van der Waals surface area contributed by atoms with Crippen LogP contribution in [0.3, 0.4) is 0 Å². The van der Waals surface area contributed by atoms with E-state index in [0.29, 0.717) is 6.04 Å². The van der Waals surface area contributed by atoms with Gasteiger partial charge in [0.05, 0.1) is 0 Å². The largest absolute Gasteiger partial charge is 0.303 e. The molecule has 0 unspecified atom stereocenters. The van der Waals surface area contributed by atoms with Crippen LogP contribution in [-0.2, 0) is 6.42 Å². The Morgan fingerprint density at radius 3 is 2.72 bits per heavy atom. The number of likely N-dealkylation sites (tertiary alicyclic amines) is 1. The van der Waals surface area contributed by atoms with Crippen molar-refractivity contribution in [2.75, 3.05) is 19.6 Å². The molecule has 0 bridgehead atoms. The first-order valence-electron chi connectivity index (χ1n) is 7.22. The molecule has 0 saturated carbocycles. The van der Waals surface area contributed by atoms with Crippen molar-refractivity contribution >= 4 is 0 Å². The Hall–Kier alpha value is -0.860. The smallest absolute Gasteiger partial charge is 0.0456 e. The maximum atomic E-state index is 3.83. The van der Waals surface area contributed by atoms with Crippen molar-refractivity contribution in [3.63, 3.8) is 0 Å². The Morgan fingerprint density at radius 1 is 1.22 bits per heavy atom. The summed E-state index contributed by atoms with van der Waals surface area (Å²) in [5.41, 5.74) is 3.27. The molecule has 2 aliphatic rings. The molecule has 2 heteroatoms. The van der Waals surface area contributed by atoms with Crippen molar-refractivity contribution in [1.29, 1.82) is 0 Å². The Kier molecular flexibility index (Phi) is 3.16. The lowest BCUT2D eigenvalue weighted by atomic mass is 9.83. The summed E-state index contributed by atoms with van der Waals surface area (Å²) in [5, 5.41) is 3.83. The molecular weight excluding hydrogens is 220 g/mol. The van der Waals surface area contributed by atoms with Crippen LogP contribution in [0.5, 0.6) is 0 Å². The van der Waals surface area contributed by atoms with Gasteiger partial charge in [-0.25, -0.2) is 0 Å². The molecule has 1 fully saturated rings. The molecule has 18 heavy (non-hydrogen) atoms. The maximum Gasteiger partial charge on any atom is 0.0456 e. The van der Waals surface area contributed by atoms with Crippen LogP contribution in [0.25, 0.3) is 0 Å². The number of nitrogens with zero attached hydrogens (tertiary/aromatic N) is 1. The summed E-state index contributed by atoms with van der Waals surface area (Å²) in [7, 11) is 0. The summed E-state index contributed by atoms with van der Waals surface area (Å²) in [4.78, 5) is 2.61. The molecule has 1 saturated heterocycles. The average Bonchev–Trinajstić information content (AvgIpc) is 2.80. The first kappa shape index (κ1) is 12.2. The summed E-state index contributed by atoms with van der Waals surface area (Å²) in [6.45, 7) is 8.36. The van der Waals surface area contributed by atoms with E-state index in [2.05, 4.69) is 48.3 Å². The standard InChI is InChI=1S/C16H24N2/c1-16(2)11-13-7-3-4-8-14(13)15(17-16)12-18-9-5-6-10-18/h3-4,7-8,15,17H,5-6,9-12H2,1-2H3/t15-/m1/s1. The highest BCUT2D eigenvalue weighted by Crippen LogP contribution is 2.31. The minimum atomic E-state index is 0.221. The maximum absolute atomic E-state index is 3.83. The fraction of sp³-hybridized carbons (Fsp3) is 0.625. The van der Waals surface area contributed by atoms with Crippen molar-refractivity contribution in [3.8, 4) is 0 Å². The van der Waals surface area contributed by atoms with Crippen LogP contribution in [0.2, 0.25) is 0 Å². The second-order valence-corrected chi connectivity index (χ2v) is 6.46. The third kappa shape index (κ3) is 2.45. The van der Waals surface area contributed by atoms with Gasteiger partial charge in [0.25, 0.3) is 0 Å². The fourth-order valence-corrected chi connectivity index (χ4v) is 3.48. The summed E-state index contributed by atoms with van der Waals surface area (Å²) < 4.78 is 0. The molecular formula is C16H24N2. The van der Waals surface area contributed by atoms with Gasteiger partial charge in [-0.05, 0) is 57.3 Å². The van der Waals surface area contributed by atoms with Crippen LogP contribution in [-0.4, -0.2) is 30.1 Å². The first-order chi connectivity index (χ1) is 8.64. The van der Waals surface area contributed by atoms with Crippen molar-refractivity contribution in [3.05, 3.63) is 35.4 Å². The molecule has 2 nitrogen and oxygen atoms in total. The Bertz CT molecular complexity index is 419. The Morgan fingerprint density at radius 2 is 1.94 bits per heavy atom. The zero-order valence-corrected chi connectivity index (χ0v) is 11.6. The highest BCUT2D eigenvalue weighted by atomic mass is 15.2. The van der Waals surface area contributed by atoms with Crippen LogP contribution in [0.1, 0.15) is 43.9 Å². The molecule has 1 aromatic carbocycles. The van der Waals surface area contributed by atoms with Crippen molar-refractivity contribution in [2.24, 2.45) is 0 Å². The molecule has 1 N–H and O–H groups in total. The van der Waals surface area contributed by atoms with Crippen LogP contribution in [0, 0.1) is 0 Å². The number of hydrogen-bond acceptors (Lipinski definition) is 2. The minimum absolute atomic E-state index is 0.221. The van der Waals surface area contributed by atoms with Crippen LogP contribution in [0.4, 0.5) is 0 Å². The van der Waals surface area contributed by atoms with E-state index in [1.54, 1.807) is 0 Å². The number of hydrogen-bond donors (Lipinski definition) is 1. The lowest BCUT2D eigenvalue weighted by molar-refractivity contribution is 0.235. The molecule has 0 aromatic heterocycles. The van der Waals surface area contributed by atoms with Gasteiger partial charge in [0.1, 0.15) is 0 Å². The highest BCUT2D eigenvalue weighted by molar-refractivity contribution is 5.34. The highest BCUT2D eigenvalue weighted by Gasteiger charge is 2.32. The summed E-state index contributed by atoms with van der Waals surface area (Å²) in [5.74, 6) is 0. The lowest BCUT2D eigenvalue weighted by Crippen LogP contribution is -2.50.